The van der Waals surface area contributed by atoms with Crippen LogP contribution in [0.15, 0.2) is 46.9 Å². The minimum Gasteiger partial charge on any atom is -0.325 e. The maximum absolute atomic E-state index is 12.2. The molecule has 3 rings (SSSR count). The van der Waals surface area contributed by atoms with Gasteiger partial charge in [-0.1, -0.05) is 35.5 Å². The molecular weight excluding hydrogens is 328 g/mol. The van der Waals surface area contributed by atoms with Crippen molar-refractivity contribution in [2.45, 2.75) is 24.3 Å². The largest absolute Gasteiger partial charge is 0.325 e. The van der Waals surface area contributed by atoms with E-state index < -0.39 is 0 Å². The van der Waals surface area contributed by atoms with E-state index in [0.29, 0.717) is 5.16 Å². The summed E-state index contributed by atoms with van der Waals surface area (Å²) >= 11 is 2.93. The van der Waals surface area contributed by atoms with Gasteiger partial charge in [0.15, 0.2) is 5.82 Å². The lowest BCUT2D eigenvalue weighted by atomic mass is 10.2. The van der Waals surface area contributed by atoms with Crippen LogP contribution in [0.1, 0.15) is 12.5 Å². The van der Waals surface area contributed by atoms with Crippen molar-refractivity contribution >= 4 is 34.7 Å². The van der Waals surface area contributed by atoms with Crippen molar-refractivity contribution in [1.29, 1.82) is 0 Å². The van der Waals surface area contributed by atoms with Crippen LogP contribution in [0.5, 0.6) is 0 Å². The van der Waals surface area contributed by atoms with Gasteiger partial charge >= 0.3 is 0 Å². The van der Waals surface area contributed by atoms with E-state index in [1.54, 1.807) is 11.3 Å². The number of hydrogen-bond acceptors (Lipinski definition) is 5. The molecule has 0 radical (unpaired) electrons. The van der Waals surface area contributed by atoms with Gasteiger partial charge in [0, 0.05) is 5.69 Å². The van der Waals surface area contributed by atoms with Crippen LogP contribution < -0.4 is 5.32 Å². The highest BCUT2D eigenvalue weighted by atomic mass is 32.2. The van der Waals surface area contributed by atoms with E-state index in [1.165, 1.54) is 11.8 Å². The number of thiophene rings is 1. The first-order valence-electron chi connectivity index (χ1n) is 7.12. The number of carbonyl (C=O) groups excluding carboxylic acids is 1. The monoisotopic (exact) mass is 344 g/mol. The molecule has 7 heteroatoms. The highest BCUT2D eigenvalue weighted by Gasteiger charge is 2.17. The SMILES string of the molecule is Cc1ccc(NC(=O)[C@@H](C)Sc2n[nH]c(-c3cccs3)n2)cc1. The van der Waals surface area contributed by atoms with E-state index in [-0.39, 0.29) is 11.2 Å². The number of aromatic amines is 1. The van der Waals surface area contributed by atoms with Gasteiger partial charge in [0.25, 0.3) is 0 Å². The van der Waals surface area contributed by atoms with Gasteiger partial charge in [-0.2, -0.15) is 0 Å². The van der Waals surface area contributed by atoms with E-state index in [9.17, 15) is 4.79 Å². The third-order valence-electron chi connectivity index (χ3n) is 3.19. The van der Waals surface area contributed by atoms with Gasteiger partial charge in [0.2, 0.25) is 11.1 Å². The van der Waals surface area contributed by atoms with Crippen LogP contribution >= 0.6 is 23.1 Å². The second kappa shape index (κ2) is 6.97. The summed E-state index contributed by atoms with van der Waals surface area (Å²) in [5, 5.41) is 12.2. The number of aryl methyl sites for hydroxylation is 1. The van der Waals surface area contributed by atoms with Gasteiger partial charge in [-0.05, 0) is 37.4 Å². The lowest BCUT2D eigenvalue weighted by Gasteiger charge is -2.10. The first-order valence-corrected chi connectivity index (χ1v) is 8.88. The van der Waals surface area contributed by atoms with Crippen LogP contribution in [-0.2, 0) is 4.79 Å². The minimum atomic E-state index is -0.289. The lowest BCUT2D eigenvalue weighted by Crippen LogP contribution is -2.22. The number of anilines is 1. The Bertz CT molecular complexity index is 781. The molecule has 5 nitrogen and oxygen atoms in total. The average Bonchev–Trinajstić information content (AvgIpc) is 3.20. The second-order valence-corrected chi connectivity index (χ2v) is 7.31. The minimum absolute atomic E-state index is 0.0682. The molecule has 0 fully saturated rings. The van der Waals surface area contributed by atoms with E-state index >= 15 is 0 Å². The fourth-order valence-corrected chi connectivity index (χ4v) is 3.30. The summed E-state index contributed by atoms with van der Waals surface area (Å²) in [6.45, 7) is 3.86. The average molecular weight is 344 g/mol. The van der Waals surface area contributed by atoms with Crippen molar-refractivity contribution in [2.75, 3.05) is 5.32 Å². The molecule has 118 valence electrons. The van der Waals surface area contributed by atoms with Gasteiger partial charge in [0.1, 0.15) is 0 Å². The molecule has 2 heterocycles. The maximum Gasteiger partial charge on any atom is 0.237 e. The normalized spacial score (nSPS) is 12.1. The predicted octanol–water partition coefficient (Wildman–Crippen LogP) is 3.96. The van der Waals surface area contributed by atoms with Crippen molar-refractivity contribution in [3.8, 4) is 10.7 Å². The fraction of sp³-hybridized carbons (Fsp3) is 0.188. The first kappa shape index (κ1) is 15.8. The maximum atomic E-state index is 12.2. The third kappa shape index (κ3) is 4.00. The van der Waals surface area contributed by atoms with Gasteiger partial charge < -0.3 is 5.32 Å². The summed E-state index contributed by atoms with van der Waals surface area (Å²) < 4.78 is 0. The summed E-state index contributed by atoms with van der Waals surface area (Å²) in [6.07, 6.45) is 0. The number of rotatable bonds is 5. The summed E-state index contributed by atoms with van der Waals surface area (Å²) in [7, 11) is 0. The Morgan fingerprint density at radius 3 is 2.78 bits per heavy atom. The Morgan fingerprint density at radius 2 is 2.09 bits per heavy atom. The number of hydrogen-bond donors (Lipinski definition) is 2. The van der Waals surface area contributed by atoms with Gasteiger partial charge in [-0.3, -0.25) is 9.89 Å². The van der Waals surface area contributed by atoms with Crippen molar-refractivity contribution in [2.24, 2.45) is 0 Å². The molecule has 3 aromatic rings. The van der Waals surface area contributed by atoms with Crippen LogP contribution in [-0.4, -0.2) is 26.3 Å². The Hall–Kier alpha value is -2.12. The van der Waals surface area contributed by atoms with Crippen LogP contribution in [0.2, 0.25) is 0 Å². The Labute approximate surface area is 142 Å². The Kier molecular flexibility index (Phi) is 4.78. The van der Waals surface area contributed by atoms with E-state index in [0.717, 1.165) is 22.0 Å². The topological polar surface area (TPSA) is 70.7 Å². The zero-order valence-electron chi connectivity index (χ0n) is 12.7. The molecule has 0 aliphatic heterocycles. The molecule has 0 saturated carbocycles. The Balaban J connectivity index is 1.61. The van der Waals surface area contributed by atoms with Crippen molar-refractivity contribution < 1.29 is 4.79 Å². The molecule has 0 bridgehead atoms. The zero-order chi connectivity index (χ0) is 16.2. The molecule has 2 N–H and O–H groups in total. The number of benzene rings is 1. The number of nitrogens with zero attached hydrogens (tertiary/aromatic N) is 2. The number of amides is 1. The number of aromatic nitrogens is 3. The molecule has 23 heavy (non-hydrogen) atoms. The molecular formula is C16H16N4OS2. The molecule has 1 atom stereocenters. The number of carbonyl (C=O) groups is 1. The van der Waals surface area contributed by atoms with Gasteiger partial charge in [-0.15, -0.1) is 16.4 Å². The lowest BCUT2D eigenvalue weighted by molar-refractivity contribution is -0.115. The molecule has 0 unspecified atom stereocenters. The van der Waals surface area contributed by atoms with E-state index in [2.05, 4.69) is 20.5 Å². The van der Waals surface area contributed by atoms with Crippen LogP contribution in [0.3, 0.4) is 0 Å². The quantitative estimate of drug-likeness (QED) is 0.687. The van der Waals surface area contributed by atoms with Crippen molar-refractivity contribution in [1.82, 2.24) is 15.2 Å². The van der Waals surface area contributed by atoms with Crippen molar-refractivity contribution in [3.05, 3.63) is 47.3 Å². The fourth-order valence-electron chi connectivity index (χ4n) is 1.92. The molecule has 0 saturated heterocycles. The predicted molar refractivity (Wildman–Crippen MR) is 94.8 cm³/mol. The number of H-pyrrole nitrogens is 1. The smallest absolute Gasteiger partial charge is 0.237 e. The summed E-state index contributed by atoms with van der Waals surface area (Å²) in [4.78, 5) is 17.7. The molecule has 0 spiro atoms. The standard InChI is InChI=1S/C16H16N4OS2/c1-10-5-7-12(8-6-10)17-15(21)11(2)23-16-18-14(19-20-16)13-4-3-9-22-13/h3-9,11H,1-2H3,(H,17,21)(H,18,19,20)/t11-/m1/s1. The summed E-state index contributed by atoms with van der Waals surface area (Å²) in [5.41, 5.74) is 1.95. The second-order valence-electron chi connectivity index (χ2n) is 5.06. The molecule has 1 amide bonds. The molecule has 1 aromatic carbocycles. The highest BCUT2D eigenvalue weighted by Crippen LogP contribution is 2.25. The van der Waals surface area contributed by atoms with Gasteiger partial charge in [0.05, 0.1) is 10.1 Å². The number of thioether (sulfide) groups is 1. The van der Waals surface area contributed by atoms with E-state index in [4.69, 9.17) is 0 Å². The zero-order valence-corrected chi connectivity index (χ0v) is 14.4. The van der Waals surface area contributed by atoms with E-state index in [1.807, 2.05) is 55.6 Å². The Morgan fingerprint density at radius 1 is 1.30 bits per heavy atom. The third-order valence-corrected chi connectivity index (χ3v) is 5.03. The van der Waals surface area contributed by atoms with Crippen LogP contribution in [0.25, 0.3) is 10.7 Å². The summed E-state index contributed by atoms with van der Waals surface area (Å²) in [6, 6.07) is 11.7. The van der Waals surface area contributed by atoms with Crippen molar-refractivity contribution in [3.63, 3.8) is 0 Å². The summed E-state index contributed by atoms with van der Waals surface area (Å²) in [5.74, 6) is 0.662. The number of nitrogens with one attached hydrogen (secondary N) is 2. The van der Waals surface area contributed by atoms with Crippen LogP contribution in [0, 0.1) is 6.92 Å². The molecule has 0 aliphatic carbocycles. The molecule has 0 aliphatic rings. The molecule has 2 aromatic heterocycles. The van der Waals surface area contributed by atoms with Gasteiger partial charge in [-0.25, -0.2) is 4.98 Å². The highest BCUT2D eigenvalue weighted by molar-refractivity contribution is 8.00. The first-order chi connectivity index (χ1) is 11.1. The van der Waals surface area contributed by atoms with Crippen LogP contribution in [0.4, 0.5) is 5.69 Å².